The van der Waals surface area contributed by atoms with E-state index in [1.54, 1.807) is 17.9 Å². The SMILES string of the molecule is COc1cccc(CNc2ncnn2-c2cccc(Cl)c2Cl)c1. The van der Waals surface area contributed by atoms with Crippen molar-refractivity contribution in [3.63, 3.8) is 0 Å². The predicted octanol–water partition coefficient (Wildman–Crippen LogP) is 4.19. The molecule has 0 bridgehead atoms. The molecule has 118 valence electrons. The fourth-order valence-electron chi connectivity index (χ4n) is 2.16. The Bertz CT molecular complexity index is 819. The van der Waals surface area contributed by atoms with E-state index in [1.165, 1.54) is 6.33 Å². The molecule has 0 unspecified atom stereocenters. The molecule has 23 heavy (non-hydrogen) atoms. The van der Waals surface area contributed by atoms with Crippen LogP contribution in [-0.4, -0.2) is 21.9 Å². The maximum absolute atomic E-state index is 6.25. The van der Waals surface area contributed by atoms with E-state index in [0.29, 0.717) is 28.2 Å². The molecule has 7 heteroatoms. The summed E-state index contributed by atoms with van der Waals surface area (Å²) in [6.07, 6.45) is 1.46. The minimum Gasteiger partial charge on any atom is -0.497 e. The average Bonchev–Trinajstić information content (AvgIpc) is 3.04. The molecule has 0 saturated carbocycles. The smallest absolute Gasteiger partial charge is 0.226 e. The molecule has 2 aromatic carbocycles. The zero-order valence-electron chi connectivity index (χ0n) is 12.3. The van der Waals surface area contributed by atoms with Gasteiger partial charge in [0.2, 0.25) is 5.95 Å². The highest BCUT2D eigenvalue weighted by Crippen LogP contribution is 2.29. The molecule has 0 fully saturated rings. The van der Waals surface area contributed by atoms with Gasteiger partial charge in [-0.1, -0.05) is 41.4 Å². The van der Waals surface area contributed by atoms with Crippen molar-refractivity contribution in [2.45, 2.75) is 6.54 Å². The highest BCUT2D eigenvalue weighted by Gasteiger charge is 2.12. The number of hydrogen-bond acceptors (Lipinski definition) is 4. The van der Waals surface area contributed by atoms with Crippen molar-refractivity contribution in [3.05, 3.63) is 64.4 Å². The number of nitrogens with one attached hydrogen (secondary N) is 1. The zero-order chi connectivity index (χ0) is 16.2. The van der Waals surface area contributed by atoms with Gasteiger partial charge in [0.25, 0.3) is 0 Å². The van der Waals surface area contributed by atoms with Crippen LogP contribution in [0.15, 0.2) is 48.8 Å². The molecule has 1 N–H and O–H groups in total. The van der Waals surface area contributed by atoms with Gasteiger partial charge in [0.15, 0.2) is 0 Å². The second-order valence-corrected chi connectivity index (χ2v) is 5.56. The first-order valence-electron chi connectivity index (χ1n) is 6.90. The summed E-state index contributed by atoms with van der Waals surface area (Å²) < 4.78 is 6.84. The number of benzene rings is 2. The van der Waals surface area contributed by atoms with Crippen LogP contribution in [-0.2, 0) is 6.54 Å². The quantitative estimate of drug-likeness (QED) is 0.750. The third-order valence-corrected chi connectivity index (χ3v) is 4.10. The number of rotatable bonds is 5. The largest absolute Gasteiger partial charge is 0.497 e. The molecule has 0 saturated heterocycles. The molecule has 1 heterocycles. The maximum atomic E-state index is 6.25. The van der Waals surface area contributed by atoms with E-state index < -0.39 is 0 Å². The van der Waals surface area contributed by atoms with Gasteiger partial charge in [-0.15, -0.1) is 0 Å². The van der Waals surface area contributed by atoms with Gasteiger partial charge in [-0.25, -0.2) is 0 Å². The number of hydrogen-bond donors (Lipinski definition) is 1. The molecule has 1 aromatic heterocycles. The van der Waals surface area contributed by atoms with Gasteiger partial charge >= 0.3 is 0 Å². The fraction of sp³-hybridized carbons (Fsp3) is 0.125. The third-order valence-electron chi connectivity index (χ3n) is 3.29. The number of nitrogens with zero attached hydrogens (tertiary/aromatic N) is 3. The highest BCUT2D eigenvalue weighted by atomic mass is 35.5. The van der Waals surface area contributed by atoms with Crippen LogP contribution in [0.25, 0.3) is 5.69 Å². The molecule has 0 amide bonds. The second-order valence-electron chi connectivity index (χ2n) is 4.77. The number of methoxy groups -OCH3 is 1. The molecule has 0 spiro atoms. The number of anilines is 1. The Morgan fingerprint density at radius 3 is 2.83 bits per heavy atom. The highest BCUT2D eigenvalue weighted by molar-refractivity contribution is 6.43. The van der Waals surface area contributed by atoms with Gasteiger partial charge < -0.3 is 10.1 Å². The monoisotopic (exact) mass is 348 g/mol. The molecule has 0 aliphatic carbocycles. The Balaban J connectivity index is 1.82. The van der Waals surface area contributed by atoms with E-state index in [9.17, 15) is 0 Å². The summed E-state index contributed by atoms with van der Waals surface area (Å²) in [4.78, 5) is 4.23. The van der Waals surface area contributed by atoms with Gasteiger partial charge in [0, 0.05) is 6.54 Å². The summed E-state index contributed by atoms with van der Waals surface area (Å²) >= 11 is 12.3. The van der Waals surface area contributed by atoms with Gasteiger partial charge in [0.1, 0.15) is 12.1 Å². The van der Waals surface area contributed by atoms with E-state index in [1.807, 2.05) is 36.4 Å². The molecular weight excluding hydrogens is 335 g/mol. The summed E-state index contributed by atoms with van der Waals surface area (Å²) in [6.45, 7) is 0.577. The summed E-state index contributed by atoms with van der Waals surface area (Å²) in [6, 6.07) is 13.2. The van der Waals surface area contributed by atoms with Crippen LogP contribution in [0.3, 0.4) is 0 Å². The van der Waals surface area contributed by atoms with E-state index >= 15 is 0 Å². The van der Waals surface area contributed by atoms with Crippen LogP contribution in [0.1, 0.15) is 5.56 Å². The fourth-order valence-corrected chi connectivity index (χ4v) is 2.53. The van der Waals surface area contributed by atoms with Crippen molar-refractivity contribution in [1.29, 1.82) is 0 Å². The van der Waals surface area contributed by atoms with E-state index in [4.69, 9.17) is 27.9 Å². The number of aromatic nitrogens is 3. The average molecular weight is 349 g/mol. The van der Waals surface area contributed by atoms with E-state index in [0.717, 1.165) is 11.3 Å². The third kappa shape index (κ3) is 3.41. The van der Waals surface area contributed by atoms with Gasteiger partial charge in [-0.05, 0) is 29.8 Å². The Morgan fingerprint density at radius 1 is 1.17 bits per heavy atom. The van der Waals surface area contributed by atoms with Crippen LogP contribution >= 0.6 is 23.2 Å². The van der Waals surface area contributed by atoms with Crippen LogP contribution in [0.5, 0.6) is 5.75 Å². The lowest BCUT2D eigenvalue weighted by Crippen LogP contribution is -2.08. The van der Waals surface area contributed by atoms with Gasteiger partial charge in [-0.3, -0.25) is 0 Å². The summed E-state index contributed by atoms with van der Waals surface area (Å²) in [7, 11) is 1.64. The van der Waals surface area contributed by atoms with Crippen LogP contribution in [0.4, 0.5) is 5.95 Å². The lowest BCUT2D eigenvalue weighted by Gasteiger charge is -2.11. The second kappa shape index (κ2) is 6.89. The van der Waals surface area contributed by atoms with Crippen LogP contribution in [0, 0.1) is 0 Å². The predicted molar refractivity (Wildman–Crippen MR) is 91.7 cm³/mol. The lowest BCUT2D eigenvalue weighted by atomic mass is 10.2. The van der Waals surface area contributed by atoms with Crippen molar-refractivity contribution in [2.75, 3.05) is 12.4 Å². The van der Waals surface area contributed by atoms with Gasteiger partial charge in [0.05, 0.1) is 22.8 Å². The van der Waals surface area contributed by atoms with E-state index in [2.05, 4.69) is 15.4 Å². The summed E-state index contributed by atoms with van der Waals surface area (Å²) in [5.74, 6) is 1.39. The minimum absolute atomic E-state index is 0.434. The van der Waals surface area contributed by atoms with Crippen LogP contribution < -0.4 is 10.1 Å². The molecule has 0 aliphatic heterocycles. The van der Waals surface area contributed by atoms with Crippen molar-refractivity contribution in [3.8, 4) is 11.4 Å². The first kappa shape index (κ1) is 15.6. The first-order chi connectivity index (χ1) is 11.2. The molecule has 0 aliphatic rings. The Hall–Kier alpha value is -2.24. The van der Waals surface area contributed by atoms with Crippen molar-refractivity contribution < 1.29 is 4.74 Å². The topological polar surface area (TPSA) is 52.0 Å². The summed E-state index contributed by atoms with van der Waals surface area (Å²) in [5.41, 5.74) is 1.74. The van der Waals surface area contributed by atoms with Crippen LogP contribution in [0.2, 0.25) is 10.0 Å². The molecule has 5 nitrogen and oxygen atoms in total. The molecule has 0 radical (unpaired) electrons. The maximum Gasteiger partial charge on any atom is 0.226 e. The number of ether oxygens (including phenoxy) is 1. The summed E-state index contributed by atoms with van der Waals surface area (Å²) in [5, 5.41) is 8.35. The Morgan fingerprint density at radius 2 is 2.00 bits per heavy atom. The van der Waals surface area contributed by atoms with Crippen molar-refractivity contribution in [2.24, 2.45) is 0 Å². The minimum atomic E-state index is 0.434. The Labute approximate surface area is 143 Å². The Kier molecular flexibility index (Phi) is 4.69. The first-order valence-corrected chi connectivity index (χ1v) is 7.66. The van der Waals surface area contributed by atoms with E-state index in [-0.39, 0.29) is 0 Å². The molecule has 3 rings (SSSR count). The molecular formula is C16H14Cl2N4O. The zero-order valence-corrected chi connectivity index (χ0v) is 13.8. The van der Waals surface area contributed by atoms with Crippen molar-refractivity contribution >= 4 is 29.2 Å². The number of halogens is 2. The molecule has 3 aromatic rings. The molecule has 0 atom stereocenters. The van der Waals surface area contributed by atoms with Gasteiger partial charge in [-0.2, -0.15) is 14.8 Å². The normalized spacial score (nSPS) is 10.6. The lowest BCUT2D eigenvalue weighted by molar-refractivity contribution is 0.414. The van der Waals surface area contributed by atoms with Crippen molar-refractivity contribution in [1.82, 2.24) is 14.8 Å². The standard InChI is InChI=1S/C16H14Cl2N4O/c1-23-12-5-2-4-11(8-12)9-19-16-20-10-21-22(16)14-7-3-6-13(17)15(14)18/h2-8,10H,9H2,1H3,(H,19,20,21).